The molecule has 3 nitrogen and oxygen atoms in total. The third-order valence-electron chi connectivity index (χ3n) is 4.29. The Balaban J connectivity index is 1.67. The molecular formula is C15H27NO2. The molecule has 2 rings (SSSR count). The van der Waals surface area contributed by atoms with Crippen LogP contribution >= 0.6 is 0 Å². The van der Waals surface area contributed by atoms with Gasteiger partial charge < -0.3 is 4.74 Å². The summed E-state index contributed by atoms with van der Waals surface area (Å²) in [5.41, 5.74) is 0. The zero-order valence-corrected chi connectivity index (χ0v) is 11.7. The number of hydrogen-bond donors (Lipinski definition) is 0. The molecule has 2 saturated heterocycles. The highest BCUT2D eigenvalue weighted by Gasteiger charge is 2.36. The number of Topliss-reactive ketones (excluding diaryl/α,β-unsaturated/α-hetero) is 1. The molecule has 0 saturated carbocycles. The molecule has 0 aliphatic carbocycles. The molecular weight excluding hydrogens is 226 g/mol. The second-order valence-electron chi connectivity index (χ2n) is 5.74. The van der Waals surface area contributed by atoms with E-state index in [-0.39, 0.29) is 0 Å². The van der Waals surface area contributed by atoms with Crippen molar-refractivity contribution in [3.8, 4) is 0 Å². The van der Waals surface area contributed by atoms with Gasteiger partial charge in [0.2, 0.25) is 0 Å². The number of fused-ring (bicyclic) bond motifs is 2. The second kappa shape index (κ2) is 7.25. The van der Waals surface area contributed by atoms with Crippen molar-refractivity contribution in [1.82, 2.24) is 4.90 Å². The molecule has 0 amide bonds. The number of rotatable bonds is 7. The van der Waals surface area contributed by atoms with E-state index in [1.54, 1.807) is 0 Å². The first-order chi connectivity index (χ1) is 8.81. The predicted octanol–water partition coefficient (Wildman–Crippen LogP) is 2.78. The molecule has 2 bridgehead atoms. The second-order valence-corrected chi connectivity index (χ2v) is 5.74. The van der Waals surface area contributed by atoms with Gasteiger partial charge in [0.25, 0.3) is 0 Å². The van der Waals surface area contributed by atoms with Crippen molar-refractivity contribution in [2.45, 2.75) is 70.4 Å². The van der Waals surface area contributed by atoms with Gasteiger partial charge in [-0.2, -0.15) is 0 Å². The molecule has 2 fully saturated rings. The van der Waals surface area contributed by atoms with E-state index in [4.69, 9.17) is 4.74 Å². The van der Waals surface area contributed by atoms with E-state index < -0.39 is 0 Å². The van der Waals surface area contributed by atoms with Crippen LogP contribution in [0, 0.1) is 0 Å². The maximum Gasteiger partial charge on any atom is 0.136 e. The summed E-state index contributed by atoms with van der Waals surface area (Å²) in [4.78, 5) is 14.2. The van der Waals surface area contributed by atoms with E-state index in [0.29, 0.717) is 17.9 Å². The van der Waals surface area contributed by atoms with E-state index in [0.717, 1.165) is 39.0 Å². The first kappa shape index (κ1) is 14.0. The van der Waals surface area contributed by atoms with Crippen molar-refractivity contribution in [2.75, 3.05) is 19.8 Å². The molecule has 0 spiro atoms. The minimum Gasteiger partial charge on any atom is -0.381 e. The number of carbonyl (C=O) groups is 1. The molecule has 2 aliphatic heterocycles. The minimum atomic E-state index is 0.486. The third-order valence-corrected chi connectivity index (χ3v) is 4.29. The fourth-order valence-electron chi connectivity index (χ4n) is 3.33. The zero-order chi connectivity index (χ0) is 12.8. The molecule has 0 aromatic heterocycles. The molecule has 0 radical (unpaired) electrons. The Kier molecular flexibility index (Phi) is 5.64. The Labute approximate surface area is 111 Å². The van der Waals surface area contributed by atoms with Gasteiger partial charge >= 0.3 is 0 Å². The number of nitrogens with zero attached hydrogens (tertiary/aromatic N) is 1. The predicted molar refractivity (Wildman–Crippen MR) is 72.7 cm³/mol. The van der Waals surface area contributed by atoms with Gasteiger partial charge in [0.1, 0.15) is 5.78 Å². The lowest BCUT2D eigenvalue weighted by Crippen LogP contribution is -2.52. The maximum atomic E-state index is 11.6. The van der Waals surface area contributed by atoms with Gasteiger partial charge in [-0.05, 0) is 25.7 Å². The zero-order valence-electron chi connectivity index (χ0n) is 11.7. The topological polar surface area (TPSA) is 29.5 Å². The van der Waals surface area contributed by atoms with Crippen LogP contribution in [0.4, 0.5) is 0 Å². The Hall–Kier alpha value is -0.410. The molecule has 0 aromatic rings. The lowest BCUT2D eigenvalue weighted by atomic mass is 9.84. The van der Waals surface area contributed by atoms with Crippen molar-refractivity contribution in [3.63, 3.8) is 0 Å². The van der Waals surface area contributed by atoms with Crippen LogP contribution in [0.25, 0.3) is 0 Å². The fourth-order valence-corrected chi connectivity index (χ4v) is 3.33. The van der Waals surface area contributed by atoms with Gasteiger partial charge in [0, 0.05) is 44.7 Å². The van der Waals surface area contributed by atoms with Crippen molar-refractivity contribution in [2.24, 2.45) is 0 Å². The first-order valence-corrected chi connectivity index (χ1v) is 7.66. The number of hydrogen-bond acceptors (Lipinski definition) is 3. The van der Waals surface area contributed by atoms with Crippen LogP contribution < -0.4 is 0 Å². The highest BCUT2D eigenvalue weighted by Crippen LogP contribution is 2.32. The Morgan fingerprint density at radius 2 is 1.83 bits per heavy atom. The van der Waals surface area contributed by atoms with E-state index in [9.17, 15) is 4.79 Å². The molecule has 18 heavy (non-hydrogen) atoms. The molecule has 3 heteroatoms. The average molecular weight is 253 g/mol. The van der Waals surface area contributed by atoms with E-state index in [1.807, 2.05) is 0 Å². The number of piperidine rings is 2. The third kappa shape index (κ3) is 3.79. The summed E-state index contributed by atoms with van der Waals surface area (Å²) in [6.45, 7) is 5.09. The van der Waals surface area contributed by atoms with E-state index >= 15 is 0 Å². The highest BCUT2D eigenvalue weighted by atomic mass is 16.5. The van der Waals surface area contributed by atoms with Gasteiger partial charge in [-0.1, -0.05) is 19.8 Å². The van der Waals surface area contributed by atoms with Crippen molar-refractivity contribution in [3.05, 3.63) is 0 Å². The molecule has 2 aliphatic rings. The highest BCUT2D eigenvalue weighted by molar-refractivity contribution is 5.80. The number of ether oxygens (including phenoxy) is 1. The Bertz CT molecular complexity index is 251. The van der Waals surface area contributed by atoms with Gasteiger partial charge in [0.15, 0.2) is 0 Å². The SMILES string of the molecule is CCCCOCCCN1C2CCCC1CC(=O)C2. The lowest BCUT2D eigenvalue weighted by molar-refractivity contribution is -0.127. The van der Waals surface area contributed by atoms with Crippen LogP contribution in [0.1, 0.15) is 58.3 Å². The summed E-state index contributed by atoms with van der Waals surface area (Å²) in [5.74, 6) is 0.486. The van der Waals surface area contributed by atoms with Crippen LogP contribution in [-0.2, 0) is 9.53 Å². The van der Waals surface area contributed by atoms with Crippen molar-refractivity contribution >= 4 is 5.78 Å². The maximum absolute atomic E-state index is 11.6. The summed E-state index contributed by atoms with van der Waals surface area (Å²) >= 11 is 0. The summed E-state index contributed by atoms with van der Waals surface area (Å²) < 4.78 is 5.61. The Morgan fingerprint density at radius 1 is 1.17 bits per heavy atom. The Morgan fingerprint density at radius 3 is 2.50 bits per heavy atom. The monoisotopic (exact) mass is 253 g/mol. The summed E-state index contributed by atoms with van der Waals surface area (Å²) in [6, 6.07) is 1.08. The number of carbonyl (C=O) groups excluding carboxylic acids is 1. The quantitative estimate of drug-likeness (QED) is 0.653. The van der Waals surface area contributed by atoms with Crippen LogP contribution in [0.2, 0.25) is 0 Å². The van der Waals surface area contributed by atoms with Crippen LogP contribution in [0.5, 0.6) is 0 Å². The van der Waals surface area contributed by atoms with Crippen molar-refractivity contribution in [1.29, 1.82) is 0 Å². The van der Waals surface area contributed by atoms with Crippen molar-refractivity contribution < 1.29 is 9.53 Å². The van der Waals surface area contributed by atoms with E-state index in [2.05, 4.69) is 11.8 Å². The lowest BCUT2D eigenvalue weighted by Gasteiger charge is -2.45. The normalized spacial score (nSPS) is 28.6. The number of unbranched alkanes of at least 4 members (excludes halogenated alkanes) is 1. The van der Waals surface area contributed by atoms with Gasteiger partial charge in [-0.15, -0.1) is 0 Å². The van der Waals surface area contributed by atoms with Gasteiger partial charge in [-0.25, -0.2) is 0 Å². The van der Waals surface area contributed by atoms with Gasteiger partial charge in [0.05, 0.1) is 0 Å². The van der Waals surface area contributed by atoms with Crippen LogP contribution in [0.15, 0.2) is 0 Å². The molecule has 0 N–H and O–H groups in total. The smallest absolute Gasteiger partial charge is 0.136 e. The standard InChI is InChI=1S/C15H27NO2/c1-2-3-9-18-10-5-8-16-13-6-4-7-14(16)12-15(17)11-13/h13-14H,2-12H2,1H3. The molecule has 2 heterocycles. The fraction of sp³-hybridized carbons (Fsp3) is 0.933. The molecule has 0 aromatic carbocycles. The minimum absolute atomic E-state index is 0.486. The van der Waals surface area contributed by atoms with Crippen LogP contribution in [0.3, 0.4) is 0 Å². The van der Waals surface area contributed by atoms with Crippen LogP contribution in [-0.4, -0.2) is 42.5 Å². The number of ketones is 1. The molecule has 104 valence electrons. The summed E-state index contributed by atoms with van der Waals surface area (Å²) in [6.07, 6.45) is 8.84. The van der Waals surface area contributed by atoms with E-state index in [1.165, 1.54) is 32.1 Å². The molecule has 2 unspecified atom stereocenters. The molecule has 2 atom stereocenters. The summed E-state index contributed by atoms with van der Waals surface area (Å²) in [7, 11) is 0. The summed E-state index contributed by atoms with van der Waals surface area (Å²) in [5, 5.41) is 0. The average Bonchev–Trinajstić information content (AvgIpc) is 2.34. The van der Waals surface area contributed by atoms with Gasteiger partial charge in [-0.3, -0.25) is 9.69 Å². The first-order valence-electron chi connectivity index (χ1n) is 7.66. The largest absolute Gasteiger partial charge is 0.381 e.